The number of rotatable bonds is 5. The number of benzene rings is 1. The van der Waals surface area contributed by atoms with Crippen molar-refractivity contribution in [1.82, 2.24) is 15.5 Å². The summed E-state index contributed by atoms with van der Waals surface area (Å²) in [6.45, 7) is 1.84. The van der Waals surface area contributed by atoms with Gasteiger partial charge in [0.2, 0.25) is 17.7 Å². The van der Waals surface area contributed by atoms with Gasteiger partial charge in [-0.3, -0.25) is 34.2 Å². The third-order valence-corrected chi connectivity index (χ3v) is 6.02. The molecule has 0 saturated carbocycles. The number of nitrogens with zero attached hydrogens (tertiary/aromatic N) is 2. The zero-order valence-corrected chi connectivity index (χ0v) is 17.1. The highest BCUT2D eigenvalue weighted by Gasteiger charge is 2.46. The summed E-state index contributed by atoms with van der Waals surface area (Å²) >= 11 is 0. The fourth-order valence-corrected chi connectivity index (χ4v) is 4.51. The molecular weight excluding hydrogens is 402 g/mol. The minimum absolute atomic E-state index is 0.0718. The molecule has 4 N–H and O–H groups in total. The SMILES string of the molecule is NCCNC(=O)C1CCCN(c2cccc3c2C(=O)N(C2CCC(=O)NC2=O)C3=O)C1. The van der Waals surface area contributed by atoms with Crippen molar-refractivity contribution in [1.29, 1.82) is 0 Å². The van der Waals surface area contributed by atoms with Gasteiger partial charge in [-0.2, -0.15) is 0 Å². The van der Waals surface area contributed by atoms with Crippen LogP contribution in [0.15, 0.2) is 18.2 Å². The van der Waals surface area contributed by atoms with E-state index in [1.165, 1.54) is 0 Å². The lowest BCUT2D eigenvalue weighted by Crippen LogP contribution is -2.54. The minimum atomic E-state index is -1.01. The molecule has 1 aromatic carbocycles. The average molecular weight is 427 g/mol. The molecule has 3 aliphatic heterocycles. The van der Waals surface area contributed by atoms with E-state index in [2.05, 4.69) is 10.6 Å². The van der Waals surface area contributed by atoms with E-state index >= 15 is 0 Å². The molecule has 2 saturated heterocycles. The molecule has 0 aromatic heterocycles. The van der Waals surface area contributed by atoms with E-state index in [0.717, 1.165) is 17.7 Å². The molecule has 0 bridgehead atoms. The largest absolute Gasteiger partial charge is 0.370 e. The Kier molecular flexibility index (Phi) is 5.73. The van der Waals surface area contributed by atoms with Crippen LogP contribution in [0, 0.1) is 5.92 Å². The molecule has 0 radical (unpaired) electrons. The van der Waals surface area contributed by atoms with Crippen LogP contribution in [0.3, 0.4) is 0 Å². The second-order valence-corrected chi connectivity index (χ2v) is 8.01. The van der Waals surface area contributed by atoms with Gasteiger partial charge in [0, 0.05) is 32.6 Å². The van der Waals surface area contributed by atoms with Crippen LogP contribution >= 0.6 is 0 Å². The average Bonchev–Trinajstić information content (AvgIpc) is 3.02. The fraction of sp³-hybridized carbons (Fsp3) is 0.476. The van der Waals surface area contributed by atoms with Crippen LogP contribution in [-0.4, -0.2) is 66.7 Å². The number of fused-ring (bicyclic) bond motifs is 1. The van der Waals surface area contributed by atoms with Crippen molar-refractivity contribution in [3.8, 4) is 0 Å². The summed E-state index contributed by atoms with van der Waals surface area (Å²) in [4.78, 5) is 65.3. The molecule has 3 heterocycles. The van der Waals surface area contributed by atoms with Gasteiger partial charge >= 0.3 is 0 Å². The predicted octanol–water partition coefficient (Wildman–Crippen LogP) is -0.621. The maximum Gasteiger partial charge on any atom is 0.264 e. The molecule has 0 spiro atoms. The van der Waals surface area contributed by atoms with Gasteiger partial charge in [0.05, 0.1) is 22.7 Å². The quantitative estimate of drug-likeness (QED) is 0.532. The number of carbonyl (C=O) groups excluding carboxylic acids is 5. The molecule has 3 aliphatic rings. The van der Waals surface area contributed by atoms with Crippen LogP contribution in [0.4, 0.5) is 5.69 Å². The Hall–Kier alpha value is -3.27. The van der Waals surface area contributed by atoms with Crippen LogP contribution in [0.1, 0.15) is 46.4 Å². The maximum absolute atomic E-state index is 13.3. The molecule has 31 heavy (non-hydrogen) atoms. The van der Waals surface area contributed by atoms with E-state index in [1.54, 1.807) is 18.2 Å². The van der Waals surface area contributed by atoms with Crippen molar-refractivity contribution in [3.05, 3.63) is 29.3 Å². The Labute approximate surface area is 179 Å². The van der Waals surface area contributed by atoms with Gasteiger partial charge in [-0.25, -0.2) is 0 Å². The van der Waals surface area contributed by atoms with Gasteiger partial charge in [-0.1, -0.05) is 6.07 Å². The summed E-state index contributed by atoms with van der Waals surface area (Å²) in [5, 5.41) is 5.01. The number of nitrogens with two attached hydrogens (primary N) is 1. The van der Waals surface area contributed by atoms with Crippen LogP contribution < -0.4 is 21.3 Å². The first kappa shape index (κ1) is 21.0. The standard InChI is InChI=1S/C21H25N5O5/c22-8-9-23-18(28)12-3-2-10-25(11-12)14-5-1-4-13-17(14)21(31)26(20(13)30)15-6-7-16(27)24-19(15)29/h1,4-5,12,15H,2-3,6-11,22H2,(H,23,28)(H,24,27,29). The summed E-state index contributed by atoms with van der Waals surface area (Å²) in [5.74, 6) is -2.44. The van der Waals surface area contributed by atoms with Crippen LogP contribution in [0.25, 0.3) is 0 Å². The monoisotopic (exact) mass is 427 g/mol. The molecule has 2 atom stereocenters. The molecule has 164 valence electrons. The first-order chi connectivity index (χ1) is 14.9. The Morgan fingerprint density at radius 1 is 1.16 bits per heavy atom. The first-order valence-electron chi connectivity index (χ1n) is 10.5. The van der Waals surface area contributed by atoms with Crippen LogP contribution in [0.5, 0.6) is 0 Å². The number of hydrogen-bond donors (Lipinski definition) is 3. The number of piperidine rings is 2. The summed E-state index contributed by atoms with van der Waals surface area (Å²) in [6.07, 6.45) is 1.68. The topological polar surface area (TPSA) is 142 Å². The van der Waals surface area contributed by atoms with Gasteiger partial charge in [-0.05, 0) is 31.4 Å². The maximum atomic E-state index is 13.3. The van der Waals surface area contributed by atoms with Gasteiger partial charge < -0.3 is 16.0 Å². The number of nitrogens with one attached hydrogen (secondary N) is 2. The number of anilines is 1. The summed E-state index contributed by atoms with van der Waals surface area (Å²) in [6, 6.07) is 4.03. The Balaban J connectivity index is 1.59. The van der Waals surface area contributed by atoms with E-state index in [0.29, 0.717) is 31.9 Å². The Morgan fingerprint density at radius 2 is 1.97 bits per heavy atom. The smallest absolute Gasteiger partial charge is 0.264 e. The highest BCUT2D eigenvalue weighted by atomic mass is 16.2. The lowest BCUT2D eigenvalue weighted by molar-refractivity contribution is -0.136. The molecule has 2 unspecified atom stereocenters. The predicted molar refractivity (Wildman–Crippen MR) is 110 cm³/mol. The molecule has 2 fully saturated rings. The van der Waals surface area contributed by atoms with Gasteiger partial charge in [-0.15, -0.1) is 0 Å². The van der Waals surface area contributed by atoms with E-state index in [9.17, 15) is 24.0 Å². The lowest BCUT2D eigenvalue weighted by Gasteiger charge is -2.34. The van der Waals surface area contributed by atoms with Crippen molar-refractivity contribution in [2.75, 3.05) is 31.1 Å². The fourth-order valence-electron chi connectivity index (χ4n) is 4.51. The van der Waals surface area contributed by atoms with Crippen molar-refractivity contribution in [2.24, 2.45) is 11.7 Å². The molecule has 4 rings (SSSR count). The third kappa shape index (κ3) is 3.78. The van der Waals surface area contributed by atoms with Crippen molar-refractivity contribution >= 4 is 35.2 Å². The number of imide groups is 2. The minimum Gasteiger partial charge on any atom is -0.370 e. The molecule has 5 amide bonds. The van der Waals surface area contributed by atoms with Crippen molar-refractivity contribution in [2.45, 2.75) is 31.7 Å². The zero-order valence-electron chi connectivity index (χ0n) is 17.1. The van der Waals surface area contributed by atoms with E-state index < -0.39 is 29.7 Å². The molecule has 1 aromatic rings. The second-order valence-electron chi connectivity index (χ2n) is 8.01. The van der Waals surface area contributed by atoms with E-state index in [1.807, 2.05) is 4.90 Å². The molecule has 10 heteroatoms. The highest BCUT2D eigenvalue weighted by molar-refractivity contribution is 6.25. The van der Waals surface area contributed by atoms with Crippen LogP contribution in [0.2, 0.25) is 0 Å². The first-order valence-corrected chi connectivity index (χ1v) is 10.5. The lowest BCUT2D eigenvalue weighted by atomic mass is 9.95. The third-order valence-electron chi connectivity index (χ3n) is 6.02. The van der Waals surface area contributed by atoms with Gasteiger partial charge in [0.1, 0.15) is 6.04 Å². The zero-order chi connectivity index (χ0) is 22.1. The Bertz CT molecular complexity index is 961. The summed E-state index contributed by atoms with van der Waals surface area (Å²) in [7, 11) is 0. The van der Waals surface area contributed by atoms with Crippen molar-refractivity contribution in [3.63, 3.8) is 0 Å². The highest BCUT2D eigenvalue weighted by Crippen LogP contribution is 2.35. The Morgan fingerprint density at radius 3 is 2.71 bits per heavy atom. The molecule has 0 aliphatic carbocycles. The summed E-state index contributed by atoms with van der Waals surface area (Å²) in [5.41, 5.74) is 6.53. The number of amides is 5. The van der Waals surface area contributed by atoms with Crippen molar-refractivity contribution < 1.29 is 24.0 Å². The summed E-state index contributed by atoms with van der Waals surface area (Å²) < 4.78 is 0. The number of hydrogen-bond acceptors (Lipinski definition) is 7. The molecule has 10 nitrogen and oxygen atoms in total. The van der Waals surface area contributed by atoms with E-state index in [4.69, 9.17) is 5.73 Å². The van der Waals surface area contributed by atoms with E-state index in [-0.39, 0.29) is 35.8 Å². The van der Waals surface area contributed by atoms with Crippen LogP contribution in [-0.2, 0) is 14.4 Å². The van der Waals surface area contributed by atoms with Gasteiger partial charge in [0.25, 0.3) is 11.8 Å². The molecular formula is C21H25N5O5. The second kappa shape index (κ2) is 8.46. The van der Waals surface area contributed by atoms with Gasteiger partial charge in [0.15, 0.2) is 0 Å². The number of carbonyl (C=O) groups is 5. The normalized spacial score (nSPS) is 23.6.